The van der Waals surface area contributed by atoms with Crippen LogP contribution in [0, 0.1) is 11.7 Å². The minimum atomic E-state index is -0.563. The molecule has 0 radical (unpaired) electrons. The average molecular weight is 365 g/mol. The summed E-state index contributed by atoms with van der Waals surface area (Å²) in [5.41, 5.74) is -0.427. The molecule has 1 aliphatic rings. The van der Waals surface area contributed by atoms with Gasteiger partial charge in [0.25, 0.3) is 0 Å². The van der Waals surface area contributed by atoms with E-state index in [1.807, 2.05) is 20.8 Å². The van der Waals surface area contributed by atoms with Gasteiger partial charge in [0.1, 0.15) is 17.2 Å². The first-order chi connectivity index (χ1) is 12.3. The molecule has 1 amide bonds. The van der Waals surface area contributed by atoms with Gasteiger partial charge in [-0.25, -0.2) is 9.18 Å². The minimum Gasteiger partial charge on any atom is -0.493 e. The summed E-state index contributed by atoms with van der Waals surface area (Å²) in [5.74, 6) is 0.436. The average Bonchev–Trinajstić information content (AvgIpc) is 2.58. The molecule has 6 heteroatoms. The van der Waals surface area contributed by atoms with E-state index in [0.29, 0.717) is 24.6 Å². The van der Waals surface area contributed by atoms with Gasteiger partial charge in [-0.05, 0) is 64.5 Å². The topological polar surface area (TPSA) is 55.8 Å². The molecule has 0 aromatic heterocycles. The molecule has 1 fully saturated rings. The van der Waals surface area contributed by atoms with Gasteiger partial charge in [-0.1, -0.05) is 0 Å². The van der Waals surface area contributed by atoms with Gasteiger partial charge in [-0.15, -0.1) is 0 Å². The van der Waals surface area contributed by atoms with Crippen molar-refractivity contribution in [2.75, 3.05) is 19.7 Å². The maximum Gasteiger partial charge on any atom is 0.410 e. The van der Waals surface area contributed by atoms with Gasteiger partial charge in [0.05, 0.1) is 12.2 Å². The lowest BCUT2D eigenvalue weighted by Gasteiger charge is -2.33. The maximum absolute atomic E-state index is 13.5. The van der Waals surface area contributed by atoms with Crippen LogP contribution in [0.2, 0.25) is 0 Å². The van der Waals surface area contributed by atoms with Gasteiger partial charge >= 0.3 is 6.09 Å². The number of ether oxygens (including phenoxy) is 2. The fraction of sp³-hybridized carbons (Fsp3) is 0.600. The molecular formula is C20H28FNO4. The van der Waals surface area contributed by atoms with Crippen LogP contribution in [0.25, 0.3) is 0 Å². The van der Waals surface area contributed by atoms with Crippen molar-refractivity contribution in [1.29, 1.82) is 0 Å². The maximum atomic E-state index is 13.5. The highest BCUT2D eigenvalue weighted by Gasteiger charge is 2.26. The van der Waals surface area contributed by atoms with E-state index in [-0.39, 0.29) is 11.7 Å². The standard InChI is InChI=1S/C20H28FNO4/c1-20(2,3)26-19(24)22-10-8-15(9-11-22)5-4-12-25-17-7-6-16(14-23)18(21)13-17/h6-7,13-15H,4-5,8-12H2,1-3H3. The summed E-state index contributed by atoms with van der Waals surface area (Å²) in [6.45, 7) is 7.56. The number of carbonyl (C=O) groups excluding carboxylic acids is 2. The second-order valence-corrected chi connectivity index (χ2v) is 7.70. The van der Waals surface area contributed by atoms with E-state index < -0.39 is 11.4 Å². The summed E-state index contributed by atoms with van der Waals surface area (Å²) < 4.78 is 24.5. The van der Waals surface area contributed by atoms with Gasteiger partial charge in [-0.3, -0.25) is 4.79 Å². The third-order valence-electron chi connectivity index (χ3n) is 4.39. The first kappa shape index (κ1) is 20.2. The van der Waals surface area contributed by atoms with Gasteiger partial charge in [0, 0.05) is 19.2 Å². The van der Waals surface area contributed by atoms with E-state index in [9.17, 15) is 14.0 Å². The SMILES string of the molecule is CC(C)(C)OC(=O)N1CCC(CCCOc2ccc(C=O)c(F)c2)CC1. The second kappa shape index (κ2) is 9.01. The van der Waals surface area contributed by atoms with Crippen LogP contribution < -0.4 is 4.74 Å². The molecule has 5 nitrogen and oxygen atoms in total. The summed E-state index contributed by atoms with van der Waals surface area (Å²) in [7, 11) is 0. The Hall–Kier alpha value is -2.11. The highest BCUT2D eigenvalue weighted by Crippen LogP contribution is 2.24. The number of rotatable bonds is 6. The third kappa shape index (κ3) is 6.32. The Balaban J connectivity index is 1.65. The summed E-state index contributed by atoms with van der Waals surface area (Å²) in [5, 5.41) is 0. The summed E-state index contributed by atoms with van der Waals surface area (Å²) in [4.78, 5) is 24.4. The van der Waals surface area contributed by atoms with Crippen molar-refractivity contribution in [3.05, 3.63) is 29.6 Å². The van der Waals surface area contributed by atoms with E-state index in [4.69, 9.17) is 9.47 Å². The molecule has 1 saturated heterocycles. The molecule has 1 aromatic carbocycles. The van der Waals surface area contributed by atoms with Crippen molar-refractivity contribution in [2.24, 2.45) is 5.92 Å². The number of likely N-dealkylation sites (tertiary alicyclic amines) is 1. The number of aldehydes is 1. The number of hydrogen-bond acceptors (Lipinski definition) is 4. The normalized spacial score (nSPS) is 15.6. The Kier molecular flexibility index (Phi) is 7.00. The van der Waals surface area contributed by atoms with Crippen LogP contribution in [0.5, 0.6) is 5.75 Å². The highest BCUT2D eigenvalue weighted by atomic mass is 19.1. The van der Waals surface area contributed by atoms with E-state index in [0.717, 1.165) is 38.8 Å². The fourth-order valence-corrected chi connectivity index (χ4v) is 2.99. The summed E-state index contributed by atoms with van der Waals surface area (Å²) >= 11 is 0. The lowest BCUT2D eigenvalue weighted by molar-refractivity contribution is 0.0179. The first-order valence-corrected chi connectivity index (χ1v) is 9.14. The molecule has 1 aromatic rings. The Morgan fingerprint density at radius 1 is 1.31 bits per heavy atom. The quantitative estimate of drug-likeness (QED) is 0.552. The highest BCUT2D eigenvalue weighted by molar-refractivity contribution is 5.75. The molecule has 1 heterocycles. The number of hydrogen-bond donors (Lipinski definition) is 0. The van der Waals surface area contributed by atoms with Crippen molar-refractivity contribution >= 4 is 12.4 Å². The van der Waals surface area contributed by atoms with Gasteiger partial charge in [-0.2, -0.15) is 0 Å². The Morgan fingerprint density at radius 2 is 2.00 bits per heavy atom. The van der Waals surface area contributed by atoms with Crippen molar-refractivity contribution in [3.63, 3.8) is 0 Å². The van der Waals surface area contributed by atoms with Crippen LogP contribution in [0.15, 0.2) is 18.2 Å². The molecule has 0 bridgehead atoms. The lowest BCUT2D eigenvalue weighted by atomic mass is 9.92. The second-order valence-electron chi connectivity index (χ2n) is 7.70. The van der Waals surface area contributed by atoms with Crippen LogP contribution in [0.4, 0.5) is 9.18 Å². The fourth-order valence-electron chi connectivity index (χ4n) is 2.99. The van der Waals surface area contributed by atoms with E-state index in [1.165, 1.54) is 12.1 Å². The predicted octanol–water partition coefficient (Wildman–Crippen LogP) is 4.44. The molecule has 0 atom stereocenters. The van der Waals surface area contributed by atoms with Gasteiger partial charge in [0.15, 0.2) is 6.29 Å². The lowest BCUT2D eigenvalue weighted by Crippen LogP contribution is -2.41. The number of halogens is 1. The Bertz CT molecular complexity index is 619. The molecular weight excluding hydrogens is 337 g/mol. The molecule has 1 aliphatic heterocycles. The third-order valence-corrected chi connectivity index (χ3v) is 4.39. The van der Waals surface area contributed by atoms with Crippen LogP contribution >= 0.6 is 0 Å². The number of nitrogens with zero attached hydrogens (tertiary/aromatic N) is 1. The molecule has 0 N–H and O–H groups in total. The molecule has 0 saturated carbocycles. The van der Waals surface area contributed by atoms with Crippen LogP contribution in [-0.2, 0) is 4.74 Å². The summed E-state index contributed by atoms with van der Waals surface area (Å²) in [6, 6.07) is 4.26. The zero-order valence-corrected chi connectivity index (χ0v) is 15.8. The van der Waals surface area contributed by atoms with E-state index in [1.54, 1.807) is 11.0 Å². The van der Waals surface area contributed by atoms with E-state index in [2.05, 4.69) is 0 Å². The molecule has 0 aliphatic carbocycles. The number of benzene rings is 1. The predicted molar refractivity (Wildman–Crippen MR) is 97.0 cm³/mol. The zero-order chi connectivity index (χ0) is 19.2. The van der Waals surface area contributed by atoms with Crippen molar-refractivity contribution in [2.45, 2.75) is 52.1 Å². The molecule has 2 rings (SSSR count). The number of piperidine rings is 1. The number of amides is 1. The molecule has 0 unspecified atom stereocenters. The first-order valence-electron chi connectivity index (χ1n) is 9.14. The monoisotopic (exact) mass is 365 g/mol. The molecule has 144 valence electrons. The Morgan fingerprint density at radius 3 is 2.58 bits per heavy atom. The van der Waals surface area contributed by atoms with Crippen LogP contribution in [0.3, 0.4) is 0 Å². The zero-order valence-electron chi connectivity index (χ0n) is 15.8. The van der Waals surface area contributed by atoms with Crippen molar-refractivity contribution in [3.8, 4) is 5.75 Å². The van der Waals surface area contributed by atoms with E-state index >= 15 is 0 Å². The molecule has 0 spiro atoms. The van der Waals surface area contributed by atoms with Crippen LogP contribution in [0.1, 0.15) is 56.8 Å². The smallest absolute Gasteiger partial charge is 0.410 e. The molecule has 26 heavy (non-hydrogen) atoms. The van der Waals surface area contributed by atoms with Gasteiger partial charge in [0.2, 0.25) is 0 Å². The minimum absolute atomic E-state index is 0.0362. The van der Waals surface area contributed by atoms with Crippen molar-refractivity contribution < 1.29 is 23.5 Å². The van der Waals surface area contributed by atoms with Crippen molar-refractivity contribution in [1.82, 2.24) is 4.90 Å². The summed E-state index contributed by atoms with van der Waals surface area (Å²) in [6.07, 6.45) is 4.05. The van der Waals surface area contributed by atoms with Crippen LogP contribution in [-0.4, -0.2) is 42.6 Å². The van der Waals surface area contributed by atoms with Gasteiger partial charge < -0.3 is 14.4 Å². The largest absolute Gasteiger partial charge is 0.493 e. The number of carbonyl (C=O) groups is 2. The Labute approximate surface area is 154 Å².